The van der Waals surface area contributed by atoms with Gasteiger partial charge >= 0.3 is 0 Å². The quantitative estimate of drug-likeness (QED) is 0.788. The van der Waals surface area contributed by atoms with Crippen LogP contribution < -0.4 is 10.6 Å². The highest BCUT2D eigenvalue weighted by atomic mass is 16.1. The lowest BCUT2D eigenvalue weighted by atomic mass is 9.82. The molecule has 2 fully saturated rings. The Hall–Kier alpha value is -0.570. The lowest BCUT2D eigenvalue weighted by molar-refractivity contribution is -0.121. The van der Waals surface area contributed by atoms with Crippen LogP contribution in [0.3, 0.4) is 0 Å². The van der Waals surface area contributed by atoms with Crippen molar-refractivity contribution in [3.05, 3.63) is 0 Å². The number of rotatable bonds is 5. The SMILES string of the molecule is CC1CCCC(CNC(=O)CCC2CCNC2)C1. The van der Waals surface area contributed by atoms with Gasteiger partial charge in [-0.2, -0.15) is 0 Å². The minimum Gasteiger partial charge on any atom is -0.356 e. The van der Waals surface area contributed by atoms with Crippen molar-refractivity contribution in [2.45, 2.75) is 51.9 Å². The topological polar surface area (TPSA) is 41.1 Å². The van der Waals surface area contributed by atoms with E-state index in [1.807, 2.05) is 0 Å². The molecule has 0 spiro atoms. The molecule has 1 amide bonds. The standard InChI is InChI=1S/C15H28N2O/c1-12-3-2-4-14(9-12)11-17-15(18)6-5-13-7-8-16-10-13/h12-14,16H,2-11H2,1H3,(H,17,18). The van der Waals surface area contributed by atoms with Crippen molar-refractivity contribution in [1.82, 2.24) is 10.6 Å². The summed E-state index contributed by atoms with van der Waals surface area (Å²) >= 11 is 0. The molecule has 1 saturated heterocycles. The maximum Gasteiger partial charge on any atom is 0.220 e. The molecular weight excluding hydrogens is 224 g/mol. The summed E-state index contributed by atoms with van der Waals surface area (Å²) in [5.74, 6) is 2.57. The van der Waals surface area contributed by atoms with Gasteiger partial charge in [-0.15, -0.1) is 0 Å². The van der Waals surface area contributed by atoms with E-state index in [0.717, 1.165) is 43.8 Å². The largest absolute Gasteiger partial charge is 0.356 e. The van der Waals surface area contributed by atoms with Crippen molar-refractivity contribution >= 4 is 5.91 Å². The van der Waals surface area contributed by atoms with Crippen LogP contribution in [0.5, 0.6) is 0 Å². The van der Waals surface area contributed by atoms with Crippen LogP contribution >= 0.6 is 0 Å². The Morgan fingerprint density at radius 2 is 2.17 bits per heavy atom. The Kier molecular flexibility index (Phi) is 5.48. The predicted octanol–water partition coefficient (Wildman–Crippen LogP) is 2.32. The first-order valence-corrected chi connectivity index (χ1v) is 7.71. The minimum absolute atomic E-state index is 0.264. The molecule has 3 nitrogen and oxygen atoms in total. The molecule has 0 bridgehead atoms. The van der Waals surface area contributed by atoms with E-state index in [-0.39, 0.29) is 5.91 Å². The molecule has 2 N–H and O–H groups in total. The normalized spacial score (nSPS) is 32.4. The zero-order valence-corrected chi connectivity index (χ0v) is 11.7. The van der Waals surface area contributed by atoms with Crippen molar-refractivity contribution in [3.8, 4) is 0 Å². The van der Waals surface area contributed by atoms with Crippen LogP contribution in [0.4, 0.5) is 0 Å². The van der Waals surface area contributed by atoms with Crippen molar-refractivity contribution < 1.29 is 4.79 Å². The first-order chi connectivity index (χ1) is 8.74. The van der Waals surface area contributed by atoms with Gasteiger partial charge in [0.05, 0.1) is 0 Å². The van der Waals surface area contributed by atoms with Crippen LogP contribution in [-0.4, -0.2) is 25.5 Å². The molecule has 2 aliphatic rings. The summed E-state index contributed by atoms with van der Waals surface area (Å²) in [4.78, 5) is 11.8. The number of hydrogen-bond acceptors (Lipinski definition) is 2. The van der Waals surface area contributed by atoms with E-state index >= 15 is 0 Å². The highest BCUT2D eigenvalue weighted by molar-refractivity contribution is 5.75. The van der Waals surface area contributed by atoms with Crippen LogP contribution in [0.25, 0.3) is 0 Å². The van der Waals surface area contributed by atoms with Gasteiger partial charge in [-0.3, -0.25) is 4.79 Å². The summed E-state index contributed by atoms with van der Waals surface area (Å²) in [7, 11) is 0. The van der Waals surface area contributed by atoms with Gasteiger partial charge in [0.1, 0.15) is 0 Å². The highest BCUT2D eigenvalue weighted by Gasteiger charge is 2.20. The van der Waals surface area contributed by atoms with Crippen molar-refractivity contribution in [2.24, 2.45) is 17.8 Å². The van der Waals surface area contributed by atoms with Gasteiger partial charge in [0.25, 0.3) is 0 Å². The predicted molar refractivity (Wildman–Crippen MR) is 74.3 cm³/mol. The van der Waals surface area contributed by atoms with E-state index in [0.29, 0.717) is 6.42 Å². The molecule has 3 atom stereocenters. The van der Waals surface area contributed by atoms with Crippen molar-refractivity contribution in [2.75, 3.05) is 19.6 Å². The van der Waals surface area contributed by atoms with Gasteiger partial charge < -0.3 is 10.6 Å². The zero-order valence-electron chi connectivity index (χ0n) is 11.7. The van der Waals surface area contributed by atoms with E-state index in [1.54, 1.807) is 0 Å². The molecule has 1 aliphatic heterocycles. The second-order valence-corrected chi connectivity index (χ2v) is 6.34. The van der Waals surface area contributed by atoms with E-state index in [2.05, 4.69) is 17.6 Å². The van der Waals surface area contributed by atoms with Gasteiger partial charge in [-0.1, -0.05) is 19.8 Å². The van der Waals surface area contributed by atoms with Crippen molar-refractivity contribution in [3.63, 3.8) is 0 Å². The third kappa shape index (κ3) is 4.60. The fourth-order valence-electron chi connectivity index (χ4n) is 3.39. The monoisotopic (exact) mass is 252 g/mol. The van der Waals surface area contributed by atoms with Crippen LogP contribution in [0, 0.1) is 17.8 Å². The number of nitrogens with one attached hydrogen (secondary N) is 2. The van der Waals surface area contributed by atoms with Crippen LogP contribution in [-0.2, 0) is 4.79 Å². The van der Waals surface area contributed by atoms with E-state index in [9.17, 15) is 4.79 Å². The van der Waals surface area contributed by atoms with Gasteiger partial charge in [0, 0.05) is 13.0 Å². The Balaban J connectivity index is 1.56. The van der Waals surface area contributed by atoms with Gasteiger partial charge in [-0.05, 0) is 56.5 Å². The number of amides is 1. The van der Waals surface area contributed by atoms with Crippen molar-refractivity contribution in [1.29, 1.82) is 0 Å². The molecule has 0 aromatic carbocycles. The molecule has 3 unspecified atom stereocenters. The second-order valence-electron chi connectivity index (χ2n) is 6.34. The summed E-state index contributed by atoms with van der Waals surface area (Å²) in [5.41, 5.74) is 0. The average Bonchev–Trinajstić information content (AvgIpc) is 2.87. The molecule has 0 aromatic heterocycles. The smallest absolute Gasteiger partial charge is 0.220 e. The van der Waals surface area contributed by atoms with E-state index < -0.39 is 0 Å². The molecule has 1 aliphatic carbocycles. The molecular formula is C15H28N2O. The number of carbonyl (C=O) groups excluding carboxylic acids is 1. The summed E-state index contributed by atoms with van der Waals surface area (Å²) in [6, 6.07) is 0. The van der Waals surface area contributed by atoms with Crippen LogP contribution in [0.15, 0.2) is 0 Å². The molecule has 0 radical (unpaired) electrons. The lowest BCUT2D eigenvalue weighted by Crippen LogP contribution is -2.31. The Morgan fingerprint density at radius 3 is 2.89 bits per heavy atom. The lowest BCUT2D eigenvalue weighted by Gasteiger charge is -2.26. The summed E-state index contributed by atoms with van der Waals surface area (Å²) < 4.78 is 0. The Morgan fingerprint density at radius 1 is 1.28 bits per heavy atom. The Bertz CT molecular complexity index is 261. The Labute approximate surface area is 111 Å². The summed E-state index contributed by atoms with van der Waals surface area (Å²) in [5, 5.41) is 6.49. The fraction of sp³-hybridized carbons (Fsp3) is 0.933. The molecule has 3 heteroatoms. The first-order valence-electron chi connectivity index (χ1n) is 7.71. The molecule has 104 valence electrons. The maximum atomic E-state index is 11.8. The molecule has 1 saturated carbocycles. The van der Waals surface area contributed by atoms with E-state index in [1.165, 1.54) is 32.1 Å². The van der Waals surface area contributed by atoms with Crippen LogP contribution in [0.2, 0.25) is 0 Å². The third-order valence-electron chi connectivity index (χ3n) is 4.57. The highest BCUT2D eigenvalue weighted by Crippen LogP contribution is 2.27. The second kappa shape index (κ2) is 7.13. The third-order valence-corrected chi connectivity index (χ3v) is 4.57. The maximum absolute atomic E-state index is 11.8. The summed E-state index contributed by atoms with van der Waals surface area (Å²) in [6.45, 7) is 5.48. The van der Waals surface area contributed by atoms with Gasteiger partial charge in [0.15, 0.2) is 0 Å². The van der Waals surface area contributed by atoms with Gasteiger partial charge in [0.2, 0.25) is 5.91 Å². The molecule has 2 rings (SSSR count). The summed E-state index contributed by atoms with van der Waals surface area (Å²) in [6.07, 6.45) is 8.33. The fourth-order valence-corrected chi connectivity index (χ4v) is 3.39. The minimum atomic E-state index is 0.264. The molecule has 1 heterocycles. The van der Waals surface area contributed by atoms with E-state index in [4.69, 9.17) is 0 Å². The average molecular weight is 252 g/mol. The molecule has 18 heavy (non-hydrogen) atoms. The number of carbonyl (C=O) groups is 1. The van der Waals surface area contributed by atoms with Crippen LogP contribution in [0.1, 0.15) is 51.9 Å². The van der Waals surface area contributed by atoms with Gasteiger partial charge in [-0.25, -0.2) is 0 Å². The number of hydrogen-bond donors (Lipinski definition) is 2. The zero-order chi connectivity index (χ0) is 12.8. The molecule has 0 aromatic rings. The first kappa shape index (κ1) is 13.9.